The minimum Gasteiger partial charge on any atom is -0.374 e. The van der Waals surface area contributed by atoms with Crippen molar-refractivity contribution in [1.29, 1.82) is 0 Å². The van der Waals surface area contributed by atoms with E-state index in [9.17, 15) is 4.79 Å². The lowest BCUT2D eigenvalue weighted by molar-refractivity contribution is 0.0945. The molecule has 0 saturated heterocycles. The Kier molecular flexibility index (Phi) is 3.56. The van der Waals surface area contributed by atoms with Gasteiger partial charge in [0.05, 0.1) is 5.69 Å². The summed E-state index contributed by atoms with van der Waals surface area (Å²) in [5.41, 5.74) is 4.08. The van der Waals surface area contributed by atoms with Crippen LogP contribution in [0.1, 0.15) is 40.4 Å². The number of carbonyl (C=O) groups excluding carboxylic acids is 1. The molecule has 1 unspecified atom stereocenters. The van der Waals surface area contributed by atoms with E-state index < -0.39 is 0 Å². The Morgan fingerprint density at radius 1 is 1.39 bits per heavy atom. The zero-order valence-corrected chi connectivity index (χ0v) is 13.3. The highest BCUT2D eigenvalue weighted by Crippen LogP contribution is 2.40. The van der Waals surface area contributed by atoms with Gasteiger partial charge in [-0.2, -0.15) is 0 Å². The smallest absolute Gasteiger partial charge is 0.256 e. The van der Waals surface area contributed by atoms with Crippen molar-refractivity contribution < 1.29 is 9.32 Å². The van der Waals surface area contributed by atoms with Crippen LogP contribution in [0.2, 0.25) is 0 Å². The van der Waals surface area contributed by atoms with Crippen molar-refractivity contribution >= 4 is 11.6 Å². The lowest BCUT2D eigenvalue weighted by atomic mass is 9.92. The van der Waals surface area contributed by atoms with Gasteiger partial charge in [-0.3, -0.25) is 4.79 Å². The van der Waals surface area contributed by atoms with Gasteiger partial charge in [0.25, 0.3) is 5.91 Å². The maximum atomic E-state index is 12.4. The van der Waals surface area contributed by atoms with Gasteiger partial charge in [0, 0.05) is 31.7 Å². The largest absolute Gasteiger partial charge is 0.374 e. The van der Waals surface area contributed by atoms with E-state index in [0.717, 1.165) is 31.5 Å². The first-order valence-electron chi connectivity index (χ1n) is 8.24. The van der Waals surface area contributed by atoms with Crippen molar-refractivity contribution in [3.8, 4) is 0 Å². The summed E-state index contributed by atoms with van der Waals surface area (Å²) >= 11 is 0. The van der Waals surface area contributed by atoms with Crippen molar-refractivity contribution in [2.45, 2.75) is 25.2 Å². The third-order valence-corrected chi connectivity index (χ3v) is 4.80. The Balaban J connectivity index is 1.40. The summed E-state index contributed by atoms with van der Waals surface area (Å²) < 4.78 is 5.00. The second-order valence-electron chi connectivity index (χ2n) is 6.68. The van der Waals surface area contributed by atoms with Crippen molar-refractivity contribution in [3.05, 3.63) is 47.3 Å². The van der Waals surface area contributed by atoms with Crippen LogP contribution in [-0.2, 0) is 6.42 Å². The fraction of sp³-hybridized carbons (Fsp3) is 0.444. The van der Waals surface area contributed by atoms with E-state index in [-0.39, 0.29) is 5.91 Å². The van der Waals surface area contributed by atoms with E-state index in [1.807, 2.05) is 0 Å². The molecule has 5 nitrogen and oxygen atoms in total. The number of para-hydroxylation sites is 1. The number of nitrogens with one attached hydrogen (secondary N) is 1. The molecule has 2 aromatic rings. The monoisotopic (exact) mass is 311 g/mol. The van der Waals surface area contributed by atoms with Crippen LogP contribution in [0.15, 0.2) is 35.1 Å². The highest BCUT2D eigenvalue weighted by atomic mass is 16.5. The molecule has 120 valence electrons. The van der Waals surface area contributed by atoms with Gasteiger partial charge >= 0.3 is 0 Å². The van der Waals surface area contributed by atoms with Crippen LogP contribution in [0.5, 0.6) is 0 Å². The minimum atomic E-state index is -0.0605. The number of amides is 1. The van der Waals surface area contributed by atoms with E-state index in [1.165, 1.54) is 17.5 Å². The molecule has 0 bridgehead atoms. The third-order valence-electron chi connectivity index (χ3n) is 4.80. The van der Waals surface area contributed by atoms with Crippen molar-refractivity contribution in [2.24, 2.45) is 5.92 Å². The van der Waals surface area contributed by atoms with Gasteiger partial charge in [0.15, 0.2) is 0 Å². The highest BCUT2D eigenvalue weighted by Gasteiger charge is 2.32. The predicted molar refractivity (Wildman–Crippen MR) is 87.7 cm³/mol. The normalized spacial score (nSPS) is 20.2. The lowest BCUT2D eigenvalue weighted by Gasteiger charge is -2.33. The molecule has 4 rings (SSSR count). The Hall–Kier alpha value is -2.30. The lowest BCUT2D eigenvalue weighted by Crippen LogP contribution is -2.39. The number of carbonyl (C=O) groups is 1. The van der Waals surface area contributed by atoms with E-state index >= 15 is 0 Å². The van der Waals surface area contributed by atoms with Crippen LogP contribution in [0.3, 0.4) is 0 Å². The summed E-state index contributed by atoms with van der Waals surface area (Å²) in [5.74, 6) is 0.778. The number of rotatable bonds is 4. The SMILES string of the molecule is CN1CC(CNC(=O)c2conc2C2CC2)Cc2ccccc21. The second kappa shape index (κ2) is 5.72. The van der Waals surface area contributed by atoms with Gasteiger partial charge in [0.2, 0.25) is 0 Å². The zero-order chi connectivity index (χ0) is 15.8. The summed E-state index contributed by atoms with van der Waals surface area (Å²) in [4.78, 5) is 14.7. The van der Waals surface area contributed by atoms with Crippen LogP contribution in [0, 0.1) is 5.92 Å². The molecule has 1 aliphatic carbocycles. The van der Waals surface area contributed by atoms with E-state index in [1.54, 1.807) is 0 Å². The molecular weight excluding hydrogens is 290 g/mol. The summed E-state index contributed by atoms with van der Waals surface area (Å²) in [6.45, 7) is 1.63. The fourth-order valence-corrected chi connectivity index (χ4v) is 3.45. The Morgan fingerprint density at radius 3 is 3.04 bits per heavy atom. The van der Waals surface area contributed by atoms with Gasteiger partial charge in [-0.25, -0.2) is 0 Å². The first-order chi connectivity index (χ1) is 11.2. The molecular formula is C18H21N3O2. The molecule has 1 atom stereocenters. The van der Waals surface area contributed by atoms with E-state index in [0.29, 0.717) is 23.9 Å². The molecule has 1 aromatic heterocycles. The molecule has 2 heterocycles. The van der Waals surface area contributed by atoms with E-state index in [2.05, 4.69) is 46.7 Å². The molecule has 2 aliphatic rings. The quantitative estimate of drug-likeness (QED) is 0.943. The average molecular weight is 311 g/mol. The Morgan fingerprint density at radius 2 is 2.22 bits per heavy atom. The minimum absolute atomic E-state index is 0.0605. The van der Waals surface area contributed by atoms with Crippen LogP contribution >= 0.6 is 0 Å². The summed E-state index contributed by atoms with van der Waals surface area (Å²) in [7, 11) is 2.11. The Labute approximate surface area is 135 Å². The third kappa shape index (κ3) is 2.83. The molecule has 1 amide bonds. The summed E-state index contributed by atoms with van der Waals surface area (Å²) in [6.07, 6.45) is 4.69. The van der Waals surface area contributed by atoms with E-state index in [4.69, 9.17) is 4.52 Å². The van der Waals surface area contributed by atoms with Crippen LogP contribution in [0.25, 0.3) is 0 Å². The molecule has 1 fully saturated rings. The number of hydrogen-bond acceptors (Lipinski definition) is 4. The topological polar surface area (TPSA) is 58.4 Å². The molecule has 1 saturated carbocycles. The number of aromatic nitrogens is 1. The van der Waals surface area contributed by atoms with Gasteiger partial charge in [-0.05, 0) is 36.8 Å². The number of fused-ring (bicyclic) bond motifs is 1. The number of benzene rings is 1. The molecule has 1 aliphatic heterocycles. The Bertz CT molecular complexity index is 721. The zero-order valence-electron chi connectivity index (χ0n) is 13.3. The maximum Gasteiger partial charge on any atom is 0.256 e. The van der Waals surface area contributed by atoms with Crippen LogP contribution in [-0.4, -0.2) is 31.2 Å². The molecule has 0 radical (unpaired) electrons. The van der Waals surface area contributed by atoms with Crippen LogP contribution in [0.4, 0.5) is 5.69 Å². The molecule has 23 heavy (non-hydrogen) atoms. The highest BCUT2D eigenvalue weighted by molar-refractivity contribution is 5.95. The first kappa shape index (κ1) is 14.3. The molecule has 0 spiro atoms. The van der Waals surface area contributed by atoms with Gasteiger partial charge in [-0.15, -0.1) is 0 Å². The van der Waals surface area contributed by atoms with Gasteiger partial charge in [-0.1, -0.05) is 23.4 Å². The summed E-state index contributed by atoms with van der Waals surface area (Å²) in [6, 6.07) is 8.48. The summed E-state index contributed by atoms with van der Waals surface area (Å²) in [5, 5.41) is 7.06. The van der Waals surface area contributed by atoms with Gasteiger partial charge < -0.3 is 14.7 Å². The number of nitrogens with zero attached hydrogens (tertiary/aromatic N) is 2. The van der Waals surface area contributed by atoms with Gasteiger partial charge in [0.1, 0.15) is 11.8 Å². The molecule has 1 aromatic carbocycles. The maximum absolute atomic E-state index is 12.4. The number of hydrogen-bond donors (Lipinski definition) is 1. The first-order valence-corrected chi connectivity index (χ1v) is 8.24. The second-order valence-corrected chi connectivity index (χ2v) is 6.68. The predicted octanol–water partition coefficient (Wildman–Crippen LogP) is 2.59. The van der Waals surface area contributed by atoms with Crippen LogP contribution < -0.4 is 10.2 Å². The standard InChI is InChI=1S/C18H21N3O2/c1-21-10-12(8-14-4-2-3-5-16(14)21)9-19-18(22)15-11-23-20-17(15)13-6-7-13/h2-5,11-13H,6-10H2,1H3,(H,19,22). The molecule has 5 heteroatoms. The number of anilines is 1. The van der Waals surface area contributed by atoms with Crippen molar-refractivity contribution in [2.75, 3.05) is 25.0 Å². The van der Waals surface area contributed by atoms with Crippen molar-refractivity contribution in [1.82, 2.24) is 10.5 Å². The fourth-order valence-electron chi connectivity index (χ4n) is 3.45. The molecule has 1 N–H and O–H groups in total. The average Bonchev–Trinajstić information content (AvgIpc) is 3.29. The van der Waals surface area contributed by atoms with Crippen molar-refractivity contribution in [3.63, 3.8) is 0 Å².